The SMILES string of the molecule is Cc1cnn(Cc2ccc(C(=O)O)cc2C)c(=O)c1. The van der Waals surface area contributed by atoms with Gasteiger partial charge in [-0.25, -0.2) is 9.48 Å². The summed E-state index contributed by atoms with van der Waals surface area (Å²) >= 11 is 0. The van der Waals surface area contributed by atoms with E-state index in [0.717, 1.165) is 16.7 Å². The molecule has 0 aliphatic rings. The number of hydrogen-bond donors (Lipinski definition) is 1. The molecule has 5 nitrogen and oxygen atoms in total. The Balaban J connectivity index is 2.33. The number of rotatable bonds is 3. The molecule has 1 aromatic carbocycles. The topological polar surface area (TPSA) is 72.2 Å². The van der Waals surface area contributed by atoms with Crippen LogP contribution in [0.4, 0.5) is 0 Å². The molecule has 0 unspecified atom stereocenters. The molecule has 0 spiro atoms. The van der Waals surface area contributed by atoms with E-state index in [4.69, 9.17) is 5.11 Å². The highest BCUT2D eigenvalue weighted by atomic mass is 16.4. The molecule has 0 bridgehead atoms. The fourth-order valence-corrected chi connectivity index (χ4v) is 1.81. The fourth-order valence-electron chi connectivity index (χ4n) is 1.81. The van der Waals surface area contributed by atoms with Gasteiger partial charge < -0.3 is 5.11 Å². The lowest BCUT2D eigenvalue weighted by Crippen LogP contribution is -2.23. The molecule has 2 rings (SSSR count). The maximum Gasteiger partial charge on any atom is 0.335 e. The van der Waals surface area contributed by atoms with Gasteiger partial charge in [-0.3, -0.25) is 4.79 Å². The molecule has 5 heteroatoms. The number of benzene rings is 1. The van der Waals surface area contributed by atoms with Crippen LogP contribution in [0, 0.1) is 13.8 Å². The van der Waals surface area contributed by atoms with E-state index >= 15 is 0 Å². The third kappa shape index (κ3) is 2.88. The van der Waals surface area contributed by atoms with E-state index in [-0.39, 0.29) is 11.1 Å². The van der Waals surface area contributed by atoms with Crippen molar-refractivity contribution < 1.29 is 9.90 Å². The second-order valence-corrected chi connectivity index (χ2v) is 4.48. The van der Waals surface area contributed by atoms with Gasteiger partial charge in [-0.2, -0.15) is 5.10 Å². The van der Waals surface area contributed by atoms with Crippen LogP contribution in [0.15, 0.2) is 35.3 Å². The summed E-state index contributed by atoms with van der Waals surface area (Å²) in [6.45, 7) is 3.97. The highest BCUT2D eigenvalue weighted by molar-refractivity contribution is 5.87. The van der Waals surface area contributed by atoms with Crippen LogP contribution in [-0.4, -0.2) is 20.9 Å². The molecule has 0 radical (unpaired) electrons. The predicted octanol–water partition coefficient (Wildman–Crippen LogP) is 1.61. The summed E-state index contributed by atoms with van der Waals surface area (Å²) in [4.78, 5) is 22.6. The van der Waals surface area contributed by atoms with E-state index in [0.29, 0.717) is 6.54 Å². The molecule has 0 amide bonds. The van der Waals surface area contributed by atoms with Gasteiger partial charge in [0.05, 0.1) is 18.3 Å². The van der Waals surface area contributed by atoms with E-state index in [9.17, 15) is 9.59 Å². The van der Waals surface area contributed by atoms with Crippen LogP contribution in [0.1, 0.15) is 27.0 Å². The minimum absolute atomic E-state index is 0.165. The maximum absolute atomic E-state index is 11.7. The summed E-state index contributed by atoms with van der Waals surface area (Å²) in [5.41, 5.74) is 2.60. The van der Waals surface area contributed by atoms with Crippen molar-refractivity contribution in [1.29, 1.82) is 0 Å². The molecule has 0 atom stereocenters. The fraction of sp³-hybridized carbons (Fsp3) is 0.214. The first-order chi connectivity index (χ1) is 8.97. The number of hydrogen-bond acceptors (Lipinski definition) is 3. The highest BCUT2D eigenvalue weighted by Gasteiger charge is 2.07. The molecule has 1 N–H and O–H groups in total. The summed E-state index contributed by atoms with van der Waals surface area (Å²) < 4.78 is 1.36. The molecule has 2 aromatic rings. The molecule has 0 saturated carbocycles. The van der Waals surface area contributed by atoms with Crippen LogP contribution < -0.4 is 5.56 Å². The number of carbonyl (C=O) groups is 1. The first-order valence-corrected chi connectivity index (χ1v) is 5.84. The minimum Gasteiger partial charge on any atom is -0.478 e. The van der Waals surface area contributed by atoms with Crippen molar-refractivity contribution in [3.63, 3.8) is 0 Å². The van der Waals surface area contributed by atoms with Gasteiger partial charge in [0.2, 0.25) is 0 Å². The number of aromatic nitrogens is 2. The van der Waals surface area contributed by atoms with Gasteiger partial charge in [-0.1, -0.05) is 6.07 Å². The normalized spacial score (nSPS) is 10.4. The molecular weight excluding hydrogens is 244 g/mol. The zero-order valence-corrected chi connectivity index (χ0v) is 10.8. The average molecular weight is 258 g/mol. The molecule has 19 heavy (non-hydrogen) atoms. The van der Waals surface area contributed by atoms with Crippen molar-refractivity contribution in [1.82, 2.24) is 9.78 Å². The Morgan fingerprint density at radius 3 is 2.63 bits per heavy atom. The second kappa shape index (κ2) is 5.06. The zero-order chi connectivity index (χ0) is 14.0. The summed E-state index contributed by atoms with van der Waals surface area (Å²) in [5, 5.41) is 13.0. The predicted molar refractivity (Wildman–Crippen MR) is 70.5 cm³/mol. The van der Waals surface area contributed by atoms with Crippen LogP contribution in [0.5, 0.6) is 0 Å². The van der Waals surface area contributed by atoms with E-state index in [1.54, 1.807) is 18.3 Å². The molecular formula is C14H14N2O3. The van der Waals surface area contributed by atoms with Gasteiger partial charge in [-0.05, 0) is 42.7 Å². The van der Waals surface area contributed by atoms with Gasteiger partial charge in [0.1, 0.15) is 0 Å². The third-order valence-electron chi connectivity index (χ3n) is 2.92. The Labute approximate surface area is 110 Å². The van der Waals surface area contributed by atoms with E-state index < -0.39 is 5.97 Å². The molecule has 0 fully saturated rings. The summed E-state index contributed by atoms with van der Waals surface area (Å²) in [7, 11) is 0. The van der Waals surface area contributed by atoms with Crippen LogP contribution in [0.2, 0.25) is 0 Å². The molecule has 1 aromatic heterocycles. The summed E-state index contributed by atoms with van der Waals surface area (Å²) in [6.07, 6.45) is 1.63. The van der Waals surface area contributed by atoms with Crippen molar-refractivity contribution in [2.45, 2.75) is 20.4 Å². The first-order valence-electron chi connectivity index (χ1n) is 5.84. The van der Waals surface area contributed by atoms with Crippen molar-refractivity contribution >= 4 is 5.97 Å². The highest BCUT2D eigenvalue weighted by Crippen LogP contribution is 2.12. The van der Waals surface area contributed by atoms with Gasteiger partial charge in [-0.15, -0.1) is 0 Å². The second-order valence-electron chi connectivity index (χ2n) is 4.48. The molecule has 0 aliphatic carbocycles. The van der Waals surface area contributed by atoms with Crippen LogP contribution in [0.25, 0.3) is 0 Å². The quantitative estimate of drug-likeness (QED) is 0.907. The van der Waals surface area contributed by atoms with Gasteiger partial charge in [0.25, 0.3) is 5.56 Å². The van der Waals surface area contributed by atoms with Crippen molar-refractivity contribution in [3.05, 3.63) is 63.1 Å². The zero-order valence-electron chi connectivity index (χ0n) is 10.8. The van der Waals surface area contributed by atoms with Crippen molar-refractivity contribution in [2.75, 3.05) is 0 Å². The van der Waals surface area contributed by atoms with E-state index in [1.165, 1.54) is 16.8 Å². The van der Waals surface area contributed by atoms with Crippen molar-refractivity contribution in [3.8, 4) is 0 Å². The number of aromatic carboxylic acids is 1. The lowest BCUT2D eigenvalue weighted by molar-refractivity contribution is 0.0697. The lowest BCUT2D eigenvalue weighted by atomic mass is 10.1. The average Bonchev–Trinajstić information content (AvgIpc) is 2.34. The largest absolute Gasteiger partial charge is 0.478 e. The van der Waals surface area contributed by atoms with Crippen LogP contribution in [0.3, 0.4) is 0 Å². The smallest absolute Gasteiger partial charge is 0.335 e. The van der Waals surface area contributed by atoms with Crippen LogP contribution in [-0.2, 0) is 6.54 Å². The van der Waals surface area contributed by atoms with Gasteiger partial charge in [0.15, 0.2) is 0 Å². The Bertz CT molecular complexity index is 689. The van der Waals surface area contributed by atoms with Crippen LogP contribution >= 0.6 is 0 Å². The number of aryl methyl sites for hydroxylation is 2. The monoisotopic (exact) mass is 258 g/mol. The van der Waals surface area contributed by atoms with E-state index in [2.05, 4.69) is 5.10 Å². The summed E-state index contributed by atoms with van der Waals surface area (Å²) in [6, 6.07) is 6.36. The Morgan fingerprint density at radius 1 is 1.32 bits per heavy atom. The molecule has 0 saturated heterocycles. The number of carboxylic acid groups (broad SMARTS) is 1. The number of carboxylic acids is 1. The molecule has 98 valence electrons. The maximum atomic E-state index is 11.7. The first kappa shape index (κ1) is 13.0. The van der Waals surface area contributed by atoms with Gasteiger partial charge >= 0.3 is 5.97 Å². The Kier molecular flexibility index (Phi) is 3.46. The molecule has 1 heterocycles. The third-order valence-corrected chi connectivity index (χ3v) is 2.92. The summed E-state index contributed by atoms with van der Waals surface area (Å²) in [5.74, 6) is -0.958. The minimum atomic E-state index is -0.958. The van der Waals surface area contributed by atoms with E-state index in [1.807, 2.05) is 13.8 Å². The number of nitrogens with zero attached hydrogens (tertiary/aromatic N) is 2. The lowest BCUT2D eigenvalue weighted by Gasteiger charge is -2.08. The van der Waals surface area contributed by atoms with Crippen molar-refractivity contribution in [2.24, 2.45) is 0 Å². The Hall–Kier alpha value is -2.43. The standard InChI is InChI=1S/C14H14N2O3/c1-9-5-13(17)16(15-7-9)8-12-4-3-11(14(18)19)6-10(12)2/h3-7H,8H2,1-2H3,(H,18,19). The molecule has 0 aliphatic heterocycles. The Morgan fingerprint density at radius 2 is 2.05 bits per heavy atom. The van der Waals surface area contributed by atoms with Gasteiger partial charge in [0, 0.05) is 6.07 Å².